The quantitative estimate of drug-likeness (QED) is 0.697. The molecule has 0 aliphatic carbocycles. The lowest BCUT2D eigenvalue weighted by Crippen LogP contribution is -2.09. The van der Waals surface area contributed by atoms with Gasteiger partial charge in [-0.3, -0.25) is 0 Å². The number of nitrogens with zero attached hydrogens (tertiary/aromatic N) is 3. The predicted octanol–water partition coefficient (Wildman–Crippen LogP) is 2.69. The summed E-state index contributed by atoms with van der Waals surface area (Å²) in [5.74, 6) is 0.724. The lowest BCUT2D eigenvalue weighted by molar-refractivity contribution is 0.360. The van der Waals surface area contributed by atoms with Gasteiger partial charge < -0.3 is 9.40 Å². The molecule has 0 saturated carbocycles. The molecule has 0 bridgehead atoms. The van der Waals surface area contributed by atoms with Crippen LogP contribution >= 0.6 is 0 Å². The number of pyridine rings is 1. The number of hydrogen-bond acceptors (Lipinski definition) is 4. The van der Waals surface area contributed by atoms with Crippen LogP contribution in [-0.4, -0.2) is 19.9 Å². The van der Waals surface area contributed by atoms with Crippen LogP contribution in [0.15, 0.2) is 16.9 Å². The Morgan fingerprint density at radius 1 is 1.29 bits per heavy atom. The smallest absolute Gasteiger partial charge is 0.249 e. The molecule has 0 aliphatic rings. The zero-order valence-electron chi connectivity index (χ0n) is 10.1. The minimum Gasteiger partial charge on any atom is -0.422 e. The van der Waals surface area contributed by atoms with Crippen LogP contribution in [0.4, 0.5) is 0 Å². The van der Waals surface area contributed by atoms with E-state index in [0.29, 0.717) is 5.71 Å². The average molecular weight is 230 g/mol. The van der Waals surface area contributed by atoms with Crippen molar-refractivity contribution in [3.05, 3.63) is 18.4 Å². The highest BCUT2D eigenvalue weighted by atomic mass is 16.4. The molecule has 3 rings (SSSR count). The Bertz CT molecular complexity index is 674. The first kappa shape index (κ1) is 10.3. The van der Waals surface area contributed by atoms with E-state index in [1.54, 1.807) is 12.5 Å². The summed E-state index contributed by atoms with van der Waals surface area (Å²) in [7, 11) is 0. The van der Waals surface area contributed by atoms with Gasteiger partial charge in [0.15, 0.2) is 11.4 Å². The maximum atomic E-state index is 5.65. The fourth-order valence-corrected chi connectivity index (χ4v) is 1.85. The average Bonchev–Trinajstić information content (AvgIpc) is 2.77. The fourth-order valence-electron chi connectivity index (χ4n) is 1.85. The molecule has 0 spiro atoms. The van der Waals surface area contributed by atoms with Gasteiger partial charge in [0.1, 0.15) is 5.52 Å². The zero-order chi connectivity index (χ0) is 12.0. The van der Waals surface area contributed by atoms with Crippen LogP contribution in [0.25, 0.3) is 22.3 Å². The van der Waals surface area contributed by atoms with Crippen molar-refractivity contribution in [3.63, 3.8) is 0 Å². The van der Waals surface area contributed by atoms with Crippen molar-refractivity contribution >= 4 is 22.3 Å². The normalized spacial score (nSPS) is 12.6. The second-order valence-corrected chi connectivity index (χ2v) is 5.42. The van der Waals surface area contributed by atoms with Crippen molar-refractivity contribution in [2.24, 2.45) is 5.41 Å². The highest BCUT2D eigenvalue weighted by Crippen LogP contribution is 2.25. The molecule has 0 saturated heterocycles. The molecule has 0 fully saturated rings. The highest BCUT2D eigenvalue weighted by Gasteiger charge is 2.18. The minimum absolute atomic E-state index is 0.147. The monoisotopic (exact) mass is 230 g/mol. The number of imidazole rings is 1. The first-order valence-corrected chi connectivity index (χ1v) is 5.60. The SMILES string of the molecule is CC(C)(C)Cc1nc2c(ncc3nc[nH]c32)o1. The summed E-state index contributed by atoms with van der Waals surface area (Å²) in [6.45, 7) is 6.46. The maximum Gasteiger partial charge on any atom is 0.249 e. The van der Waals surface area contributed by atoms with E-state index in [2.05, 4.69) is 40.7 Å². The third kappa shape index (κ3) is 1.77. The molecule has 0 aliphatic heterocycles. The molecule has 0 amide bonds. The standard InChI is InChI=1S/C12H14N4O/c1-12(2,3)4-8-16-10-9-7(14-6-15-9)5-13-11(10)17-8/h5-6H,4H2,1-3H3,(H,14,15). The first-order chi connectivity index (χ1) is 8.03. The van der Waals surface area contributed by atoms with Crippen molar-refractivity contribution in [3.8, 4) is 0 Å². The van der Waals surface area contributed by atoms with Crippen molar-refractivity contribution < 1.29 is 4.42 Å². The van der Waals surface area contributed by atoms with Gasteiger partial charge in [-0.05, 0) is 5.41 Å². The number of oxazole rings is 1. The molecule has 0 radical (unpaired) electrons. The Hall–Kier alpha value is -1.91. The Kier molecular flexibility index (Phi) is 1.98. The fraction of sp³-hybridized carbons (Fsp3) is 0.417. The van der Waals surface area contributed by atoms with Gasteiger partial charge in [-0.15, -0.1) is 0 Å². The highest BCUT2D eigenvalue weighted by molar-refractivity contribution is 5.96. The summed E-state index contributed by atoms with van der Waals surface area (Å²) in [6.07, 6.45) is 4.13. The van der Waals surface area contributed by atoms with E-state index >= 15 is 0 Å². The number of H-pyrrole nitrogens is 1. The van der Waals surface area contributed by atoms with E-state index in [1.165, 1.54) is 0 Å². The molecule has 88 valence electrons. The maximum absolute atomic E-state index is 5.65. The van der Waals surface area contributed by atoms with Crippen molar-refractivity contribution in [2.45, 2.75) is 27.2 Å². The van der Waals surface area contributed by atoms with Crippen molar-refractivity contribution in [2.75, 3.05) is 0 Å². The predicted molar refractivity (Wildman–Crippen MR) is 64.6 cm³/mol. The summed E-state index contributed by atoms with van der Waals surface area (Å²) < 4.78 is 5.65. The van der Waals surface area contributed by atoms with Crippen LogP contribution in [0.1, 0.15) is 26.7 Å². The molecule has 5 heteroatoms. The lowest BCUT2D eigenvalue weighted by atomic mass is 9.92. The third-order valence-corrected chi connectivity index (χ3v) is 2.54. The third-order valence-electron chi connectivity index (χ3n) is 2.54. The molecule has 17 heavy (non-hydrogen) atoms. The molecule has 1 N–H and O–H groups in total. The van der Waals surface area contributed by atoms with Gasteiger partial charge in [0, 0.05) is 6.42 Å². The number of nitrogens with one attached hydrogen (secondary N) is 1. The molecular formula is C12H14N4O. The van der Waals surface area contributed by atoms with Crippen molar-refractivity contribution in [1.82, 2.24) is 19.9 Å². The number of rotatable bonds is 1. The van der Waals surface area contributed by atoms with Crippen LogP contribution in [0.5, 0.6) is 0 Å². The van der Waals surface area contributed by atoms with Gasteiger partial charge in [-0.1, -0.05) is 20.8 Å². The Morgan fingerprint density at radius 3 is 2.88 bits per heavy atom. The molecule has 3 heterocycles. The van der Waals surface area contributed by atoms with E-state index in [0.717, 1.165) is 28.9 Å². The second kappa shape index (κ2) is 3.29. The van der Waals surface area contributed by atoms with Gasteiger partial charge in [0.05, 0.1) is 18.0 Å². The van der Waals surface area contributed by atoms with Crippen LogP contribution in [0.3, 0.4) is 0 Å². The molecule has 0 aromatic carbocycles. The van der Waals surface area contributed by atoms with Gasteiger partial charge in [0.25, 0.3) is 0 Å². The van der Waals surface area contributed by atoms with Crippen LogP contribution in [0, 0.1) is 5.41 Å². The van der Waals surface area contributed by atoms with Gasteiger partial charge in [-0.2, -0.15) is 0 Å². The number of aromatic nitrogens is 4. The summed E-state index contributed by atoms with van der Waals surface area (Å²) in [5.41, 5.74) is 3.18. The van der Waals surface area contributed by atoms with Gasteiger partial charge in [-0.25, -0.2) is 15.0 Å². The van der Waals surface area contributed by atoms with Gasteiger partial charge in [0.2, 0.25) is 5.71 Å². The molecule has 3 aromatic rings. The molecular weight excluding hydrogens is 216 g/mol. The Balaban J connectivity index is 2.17. The van der Waals surface area contributed by atoms with Crippen molar-refractivity contribution in [1.29, 1.82) is 0 Å². The van der Waals surface area contributed by atoms with Gasteiger partial charge >= 0.3 is 0 Å². The van der Waals surface area contributed by atoms with E-state index in [4.69, 9.17) is 4.42 Å². The largest absolute Gasteiger partial charge is 0.422 e. The summed E-state index contributed by atoms with van der Waals surface area (Å²) >= 11 is 0. The number of fused-ring (bicyclic) bond motifs is 3. The topological polar surface area (TPSA) is 67.6 Å². The zero-order valence-corrected chi connectivity index (χ0v) is 10.1. The number of hydrogen-bond donors (Lipinski definition) is 1. The lowest BCUT2D eigenvalue weighted by Gasteiger charge is -2.14. The molecule has 0 unspecified atom stereocenters. The summed E-state index contributed by atoms with van der Waals surface area (Å²) in [6, 6.07) is 0. The van der Waals surface area contributed by atoms with Crippen LogP contribution < -0.4 is 0 Å². The minimum atomic E-state index is 0.147. The second-order valence-electron chi connectivity index (χ2n) is 5.42. The molecule has 5 nitrogen and oxygen atoms in total. The molecule has 3 aromatic heterocycles. The van der Waals surface area contributed by atoms with E-state index < -0.39 is 0 Å². The van der Waals surface area contributed by atoms with Crippen LogP contribution in [-0.2, 0) is 6.42 Å². The van der Waals surface area contributed by atoms with Crippen LogP contribution in [0.2, 0.25) is 0 Å². The van der Waals surface area contributed by atoms with E-state index in [-0.39, 0.29) is 5.41 Å². The summed E-state index contributed by atoms with van der Waals surface area (Å²) in [4.78, 5) is 15.9. The Morgan fingerprint density at radius 2 is 2.12 bits per heavy atom. The molecule has 0 atom stereocenters. The Labute approximate surface area is 98.3 Å². The van der Waals surface area contributed by atoms with E-state index in [1.807, 2.05) is 0 Å². The first-order valence-electron chi connectivity index (χ1n) is 5.60. The number of aromatic amines is 1. The van der Waals surface area contributed by atoms with E-state index in [9.17, 15) is 0 Å². The summed E-state index contributed by atoms with van der Waals surface area (Å²) in [5, 5.41) is 0.